The Labute approximate surface area is 89.9 Å². The zero-order chi connectivity index (χ0) is 11.0. The molecule has 1 aromatic carbocycles. The molecule has 3 heteroatoms. The summed E-state index contributed by atoms with van der Waals surface area (Å²) < 4.78 is 0. The molecular weight excluding hydrogens is 188 g/mol. The molecule has 0 saturated heterocycles. The third-order valence-electron chi connectivity index (χ3n) is 2.68. The first-order valence-corrected chi connectivity index (χ1v) is 5.20. The van der Waals surface area contributed by atoms with Crippen LogP contribution in [0.2, 0.25) is 0 Å². The van der Waals surface area contributed by atoms with Crippen LogP contribution in [0, 0.1) is 0 Å². The van der Waals surface area contributed by atoms with Crippen LogP contribution >= 0.6 is 0 Å². The van der Waals surface area contributed by atoms with E-state index in [2.05, 4.69) is 0 Å². The van der Waals surface area contributed by atoms with Crippen LogP contribution in [0.1, 0.15) is 34.7 Å². The van der Waals surface area contributed by atoms with Crippen LogP contribution < -0.4 is 5.73 Å². The van der Waals surface area contributed by atoms with Gasteiger partial charge in [0.15, 0.2) is 0 Å². The van der Waals surface area contributed by atoms with Crippen molar-refractivity contribution in [2.45, 2.75) is 18.8 Å². The summed E-state index contributed by atoms with van der Waals surface area (Å²) in [7, 11) is 3.50. The zero-order valence-corrected chi connectivity index (χ0v) is 9.16. The van der Waals surface area contributed by atoms with Crippen LogP contribution in [0.25, 0.3) is 0 Å². The van der Waals surface area contributed by atoms with Gasteiger partial charge in [-0.25, -0.2) is 0 Å². The number of nitrogens with zero attached hydrogens (tertiary/aromatic N) is 1. The van der Waals surface area contributed by atoms with Gasteiger partial charge in [-0.2, -0.15) is 0 Å². The van der Waals surface area contributed by atoms with Crippen LogP contribution in [0.15, 0.2) is 18.2 Å². The monoisotopic (exact) mass is 204 g/mol. The Morgan fingerprint density at radius 2 is 2.00 bits per heavy atom. The normalized spacial score (nSPS) is 15.1. The predicted molar refractivity (Wildman–Crippen MR) is 60.8 cm³/mol. The lowest BCUT2D eigenvalue weighted by Gasteiger charge is -2.12. The second-order valence-corrected chi connectivity index (χ2v) is 4.36. The summed E-state index contributed by atoms with van der Waals surface area (Å²) in [5.74, 6) is 0.645. The maximum atomic E-state index is 11.8. The maximum absolute atomic E-state index is 11.8. The van der Waals surface area contributed by atoms with Gasteiger partial charge in [0.05, 0.1) is 0 Å². The topological polar surface area (TPSA) is 46.3 Å². The Bertz CT molecular complexity index is 395. The SMILES string of the molecule is CN(C)C(=O)c1cc(N)cc(C2CC2)c1. The van der Waals surface area contributed by atoms with E-state index < -0.39 is 0 Å². The molecule has 0 aromatic heterocycles. The van der Waals surface area contributed by atoms with Gasteiger partial charge in [-0.05, 0) is 42.5 Å². The second kappa shape index (κ2) is 3.57. The second-order valence-electron chi connectivity index (χ2n) is 4.36. The first kappa shape index (κ1) is 10.0. The molecule has 1 aromatic rings. The molecule has 1 fully saturated rings. The van der Waals surface area contributed by atoms with E-state index in [-0.39, 0.29) is 5.91 Å². The predicted octanol–water partition coefficient (Wildman–Crippen LogP) is 1.85. The lowest BCUT2D eigenvalue weighted by molar-refractivity contribution is 0.0827. The van der Waals surface area contributed by atoms with Gasteiger partial charge in [0, 0.05) is 25.3 Å². The number of carbonyl (C=O) groups excluding carboxylic acids is 1. The lowest BCUT2D eigenvalue weighted by atomic mass is 10.1. The fraction of sp³-hybridized carbons (Fsp3) is 0.417. The van der Waals surface area contributed by atoms with E-state index in [1.54, 1.807) is 25.1 Å². The number of nitrogens with two attached hydrogens (primary N) is 1. The molecule has 1 aliphatic carbocycles. The molecule has 3 nitrogen and oxygen atoms in total. The number of rotatable bonds is 2. The van der Waals surface area contributed by atoms with Crippen LogP contribution in [0.4, 0.5) is 5.69 Å². The highest BCUT2D eigenvalue weighted by Crippen LogP contribution is 2.41. The fourth-order valence-electron chi connectivity index (χ4n) is 1.71. The minimum atomic E-state index is 0.0178. The van der Waals surface area contributed by atoms with Crippen LogP contribution in [0.3, 0.4) is 0 Å². The summed E-state index contributed by atoms with van der Waals surface area (Å²) >= 11 is 0. The molecule has 0 heterocycles. The van der Waals surface area contributed by atoms with Crippen molar-refractivity contribution in [3.8, 4) is 0 Å². The average molecular weight is 204 g/mol. The average Bonchev–Trinajstić information content (AvgIpc) is 2.98. The van der Waals surface area contributed by atoms with E-state index >= 15 is 0 Å². The van der Waals surface area contributed by atoms with Crippen molar-refractivity contribution in [1.82, 2.24) is 4.90 Å². The Hall–Kier alpha value is -1.51. The van der Waals surface area contributed by atoms with Gasteiger partial charge in [-0.3, -0.25) is 4.79 Å². The third-order valence-corrected chi connectivity index (χ3v) is 2.68. The third kappa shape index (κ3) is 2.12. The first-order valence-electron chi connectivity index (χ1n) is 5.20. The molecule has 0 bridgehead atoms. The molecule has 0 radical (unpaired) electrons. The zero-order valence-electron chi connectivity index (χ0n) is 9.16. The molecule has 15 heavy (non-hydrogen) atoms. The highest BCUT2D eigenvalue weighted by Gasteiger charge is 2.24. The maximum Gasteiger partial charge on any atom is 0.253 e. The Morgan fingerprint density at radius 3 is 2.53 bits per heavy atom. The molecule has 0 spiro atoms. The van der Waals surface area contributed by atoms with Crippen LogP contribution in [0.5, 0.6) is 0 Å². The minimum Gasteiger partial charge on any atom is -0.399 e. The minimum absolute atomic E-state index is 0.0178. The standard InChI is InChI=1S/C12H16N2O/c1-14(2)12(15)10-5-9(8-3-4-8)6-11(13)7-10/h5-8H,3-4,13H2,1-2H3. The molecular formula is C12H16N2O. The summed E-state index contributed by atoms with van der Waals surface area (Å²) in [5.41, 5.74) is 8.38. The fourth-order valence-corrected chi connectivity index (χ4v) is 1.71. The van der Waals surface area contributed by atoms with E-state index in [0.29, 0.717) is 17.2 Å². The van der Waals surface area contributed by atoms with Crippen molar-refractivity contribution in [3.63, 3.8) is 0 Å². The van der Waals surface area contributed by atoms with Gasteiger partial charge in [-0.1, -0.05) is 0 Å². The summed E-state index contributed by atoms with van der Waals surface area (Å²) in [5, 5.41) is 0. The van der Waals surface area contributed by atoms with Crippen molar-refractivity contribution < 1.29 is 4.79 Å². The molecule has 1 amide bonds. The number of hydrogen-bond donors (Lipinski definition) is 1. The van der Waals surface area contributed by atoms with Crippen LogP contribution in [-0.4, -0.2) is 24.9 Å². The van der Waals surface area contributed by atoms with Gasteiger partial charge >= 0.3 is 0 Å². The molecule has 1 aliphatic rings. The van der Waals surface area contributed by atoms with Gasteiger partial charge < -0.3 is 10.6 Å². The Balaban J connectivity index is 2.34. The van der Waals surface area contributed by atoms with E-state index in [1.165, 1.54) is 18.4 Å². The summed E-state index contributed by atoms with van der Waals surface area (Å²) in [4.78, 5) is 13.3. The van der Waals surface area contributed by atoms with Crippen molar-refractivity contribution in [2.75, 3.05) is 19.8 Å². The summed E-state index contributed by atoms with van der Waals surface area (Å²) in [6.07, 6.45) is 2.44. The lowest BCUT2D eigenvalue weighted by Crippen LogP contribution is -2.21. The molecule has 2 rings (SSSR count). The molecule has 0 aliphatic heterocycles. The Morgan fingerprint density at radius 1 is 1.33 bits per heavy atom. The number of anilines is 1. The van der Waals surface area contributed by atoms with Crippen LogP contribution in [-0.2, 0) is 0 Å². The molecule has 0 unspecified atom stereocenters. The molecule has 0 atom stereocenters. The van der Waals surface area contributed by atoms with Crippen molar-refractivity contribution in [3.05, 3.63) is 29.3 Å². The molecule has 80 valence electrons. The quantitative estimate of drug-likeness (QED) is 0.747. The largest absolute Gasteiger partial charge is 0.399 e. The highest BCUT2D eigenvalue weighted by molar-refractivity contribution is 5.95. The van der Waals surface area contributed by atoms with Gasteiger partial charge in [0.25, 0.3) is 5.91 Å². The Kier molecular flexibility index (Phi) is 2.39. The van der Waals surface area contributed by atoms with E-state index in [1.807, 2.05) is 12.1 Å². The number of amides is 1. The first-order chi connectivity index (χ1) is 7.08. The van der Waals surface area contributed by atoms with E-state index in [0.717, 1.165) is 0 Å². The smallest absolute Gasteiger partial charge is 0.253 e. The number of benzene rings is 1. The number of hydrogen-bond acceptors (Lipinski definition) is 2. The highest BCUT2D eigenvalue weighted by atomic mass is 16.2. The van der Waals surface area contributed by atoms with Gasteiger partial charge in [-0.15, -0.1) is 0 Å². The van der Waals surface area contributed by atoms with Crippen molar-refractivity contribution in [1.29, 1.82) is 0 Å². The summed E-state index contributed by atoms with van der Waals surface area (Å²) in [6, 6.07) is 5.69. The van der Waals surface area contributed by atoms with E-state index in [4.69, 9.17) is 5.73 Å². The van der Waals surface area contributed by atoms with Crippen molar-refractivity contribution in [2.24, 2.45) is 0 Å². The molecule has 1 saturated carbocycles. The number of carbonyl (C=O) groups is 1. The number of nitrogen functional groups attached to an aromatic ring is 1. The van der Waals surface area contributed by atoms with Gasteiger partial charge in [0.2, 0.25) is 0 Å². The van der Waals surface area contributed by atoms with Gasteiger partial charge in [0.1, 0.15) is 0 Å². The van der Waals surface area contributed by atoms with Crippen molar-refractivity contribution >= 4 is 11.6 Å². The van der Waals surface area contributed by atoms with E-state index in [9.17, 15) is 4.79 Å². The molecule has 2 N–H and O–H groups in total. The summed E-state index contributed by atoms with van der Waals surface area (Å²) in [6.45, 7) is 0.